The van der Waals surface area contributed by atoms with Gasteiger partial charge in [-0.25, -0.2) is 8.42 Å². The van der Waals surface area contributed by atoms with E-state index in [1.54, 1.807) is 36.4 Å². The van der Waals surface area contributed by atoms with E-state index in [0.717, 1.165) is 38.3 Å². The van der Waals surface area contributed by atoms with Crippen molar-refractivity contribution in [2.24, 2.45) is 0 Å². The summed E-state index contributed by atoms with van der Waals surface area (Å²) in [6.07, 6.45) is 4.34. The molecule has 0 aliphatic carbocycles. The maximum Gasteiger partial charge on any atom is 0.187 e. The van der Waals surface area contributed by atoms with Gasteiger partial charge in [0.1, 0.15) is 5.25 Å². The zero-order valence-electron chi connectivity index (χ0n) is 20.1. The lowest BCUT2D eigenvalue weighted by Gasteiger charge is -2.34. The van der Waals surface area contributed by atoms with Crippen LogP contribution in [0.2, 0.25) is 0 Å². The fraction of sp³-hybridized carbons (Fsp3) is 0.286. The van der Waals surface area contributed by atoms with Crippen molar-refractivity contribution in [3.8, 4) is 0 Å². The topological polar surface area (TPSA) is 81.1 Å². The minimum Gasteiger partial charge on any atom is -0.297 e. The Kier molecular flexibility index (Phi) is 7.35. The highest BCUT2D eigenvalue weighted by atomic mass is 32.3. The molecule has 6 nitrogen and oxygen atoms in total. The quantitative estimate of drug-likeness (QED) is 0.445. The van der Waals surface area contributed by atoms with Crippen molar-refractivity contribution in [3.05, 3.63) is 102 Å². The summed E-state index contributed by atoms with van der Waals surface area (Å²) in [5, 5.41) is -0.958. The number of sulfone groups is 1. The summed E-state index contributed by atoms with van der Waals surface area (Å²) < 4.78 is 48.7. The third-order valence-corrected chi connectivity index (χ3v) is 11.1. The summed E-state index contributed by atoms with van der Waals surface area (Å²) in [5.41, 5.74) is 2.64. The average molecular weight is 525 g/mol. The predicted octanol–water partition coefficient (Wildman–Crippen LogP) is 5.16. The van der Waals surface area contributed by atoms with Gasteiger partial charge in [0.05, 0.1) is 15.5 Å². The van der Waals surface area contributed by atoms with E-state index in [-0.39, 0.29) is 10.6 Å². The van der Waals surface area contributed by atoms with E-state index >= 15 is 0 Å². The molecule has 2 aliphatic rings. The van der Waals surface area contributed by atoms with Crippen LogP contribution in [0.3, 0.4) is 0 Å². The van der Waals surface area contributed by atoms with Crippen LogP contribution in [-0.4, -0.2) is 65.8 Å². The molecular weight excluding hydrogens is 492 g/mol. The fourth-order valence-corrected chi connectivity index (χ4v) is 9.56. The van der Waals surface area contributed by atoms with E-state index in [1.807, 2.05) is 30.3 Å². The van der Waals surface area contributed by atoms with E-state index in [4.69, 9.17) is 0 Å². The minimum absolute atomic E-state index is 0.182. The maximum atomic E-state index is 13.5. The molecule has 2 aliphatic heterocycles. The van der Waals surface area contributed by atoms with Crippen molar-refractivity contribution in [1.82, 2.24) is 9.80 Å². The molecule has 5 rings (SSSR count). The highest BCUT2D eigenvalue weighted by Crippen LogP contribution is 2.62. The van der Waals surface area contributed by atoms with Crippen molar-refractivity contribution in [1.29, 1.82) is 0 Å². The van der Waals surface area contributed by atoms with Crippen LogP contribution in [0.5, 0.6) is 0 Å². The Morgan fingerprint density at radius 2 is 1.47 bits per heavy atom. The Hall–Kier alpha value is -2.46. The molecule has 1 unspecified atom stereocenters. The Bertz CT molecular complexity index is 1320. The van der Waals surface area contributed by atoms with E-state index < -0.39 is 25.7 Å². The molecule has 8 heteroatoms. The standard InChI is InChI=1S/C28H32N2O4S2/c31-35(32)22-27(36(33,34)25-13-5-2-6-14-25)28-24(12-7-15-26(28)35)21-30-19-17-29(18-20-30)16-8-11-23-9-3-1-4-10-23/h1-15,27,31-32H,16-22H2. The summed E-state index contributed by atoms with van der Waals surface area (Å²) in [6, 6.07) is 24.0. The van der Waals surface area contributed by atoms with Crippen molar-refractivity contribution in [2.45, 2.75) is 21.6 Å². The molecule has 0 amide bonds. The second kappa shape index (κ2) is 10.5. The predicted molar refractivity (Wildman–Crippen MR) is 146 cm³/mol. The molecule has 0 saturated carbocycles. The summed E-state index contributed by atoms with van der Waals surface area (Å²) in [6.45, 7) is 5.07. The van der Waals surface area contributed by atoms with Crippen LogP contribution in [0.15, 0.2) is 94.7 Å². The molecule has 0 spiro atoms. The first-order chi connectivity index (χ1) is 17.3. The molecule has 0 bridgehead atoms. The molecular formula is C28H32N2O4S2. The van der Waals surface area contributed by atoms with Gasteiger partial charge in [0, 0.05) is 39.3 Å². The molecule has 3 aromatic rings. The normalized spacial score (nSPS) is 21.4. The molecule has 36 heavy (non-hydrogen) atoms. The maximum absolute atomic E-state index is 13.5. The van der Waals surface area contributed by atoms with Gasteiger partial charge in [-0.15, -0.1) is 0 Å². The number of rotatable bonds is 7. The summed E-state index contributed by atoms with van der Waals surface area (Å²) in [7, 11) is -6.93. The van der Waals surface area contributed by atoms with Gasteiger partial charge in [-0.1, -0.05) is 72.8 Å². The highest BCUT2D eigenvalue weighted by Gasteiger charge is 2.44. The molecule has 2 heterocycles. The Labute approximate surface area is 215 Å². The second-order valence-corrected chi connectivity index (χ2v) is 13.6. The number of hydrogen-bond donors (Lipinski definition) is 2. The van der Waals surface area contributed by atoms with E-state index in [9.17, 15) is 17.5 Å². The van der Waals surface area contributed by atoms with Gasteiger partial charge in [-0.3, -0.25) is 18.9 Å². The van der Waals surface area contributed by atoms with Gasteiger partial charge in [0.15, 0.2) is 9.84 Å². The number of piperazine rings is 1. The zero-order valence-corrected chi connectivity index (χ0v) is 21.7. The van der Waals surface area contributed by atoms with Crippen LogP contribution in [0.25, 0.3) is 6.08 Å². The summed E-state index contributed by atoms with van der Waals surface area (Å²) in [5.74, 6) is -0.182. The van der Waals surface area contributed by atoms with Crippen LogP contribution in [0.1, 0.15) is 21.9 Å². The van der Waals surface area contributed by atoms with Crippen LogP contribution in [-0.2, 0) is 16.4 Å². The van der Waals surface area contributed by atoms with Gasteiger partial charge < -0.3 is 0 Å². The van der Waals surface area contributed by atoms with Crippen molar-refractivity contribution in [2.75, 3.05) is 38.5 Å². The molecule has 1 saturated heterocycles. The molecule has 0 radical (unpaired) electrons. The number of nitrogens with zero attached hydrogens (tertiary/aromatic N) is 2. The van der Waals surface area contributed by atoms with Crippen molar-refractivity contribution >= 4 is 26.5 Å². The SMILES string of the molecule is O=S(=O)(c1ccccc1)C1CS(O)(O)c2cccc(CN3CCN(CC=Cc4ccccc4)CC3)c21. The fourth-order valence-electron chi connectivity index (χ4n) is 5.05. The summed E-state index contributed by atoms with van der Waals surface area (Å²) >= 11 is 0. The largest absolute Gasteiger partial charge is 0.297 e. The average Bonchev–Trinajstić information content (AvgIpc) is 3.18. The Balaban J connectivity index is 1.30. The molecule has 1 atom stereocenters. The first-order valence-corrected chi connectivity index (χ1v) is 15.4. The van der Waals surface area contributed by atoms with E-state index in [2.05, 4.69) is 34.1 Å². The molecule has 0 aromatic heterocycles. The monoisotopic (exact) mass is 524 g/mol. The summed E-state index contributed by atoms with van der Waals surface area (Å²) in [4.78, 5) is 5.33. The third kappa shape index (κ3) is 5.29. The van der Waals surface area contributed by atoms with Gasteiger partial charge in [-0.2, -0.15) is 10.6 Å². The van der Waals surface area contributed by atoms with Crippen LogP contribution < -0.4 is 0 Å². The van der Waals surface area contributed by atoms with Gasteiger partial charge >= 0.3 is 0 Å². The van der Waals surface area contributed by atoms with Crippen LogP contribution in [0.4, 0.5) is 0 Å². The van der Waals surface area contributed by atoms with E-state index in [1.165, 1.54) is 5.56 Å². The zero-order chi connectivity index (χ0) is 25.2. The van der Waals surface area contributed by atoms with Crippen LogP contribution in [0, 0.1) is 0 Å². The lowest BCUT2D eigenvalue weighted by Crippen LogP contribution is -2.45. The first kappa shape index (κ1) is 25.2. The van der Waals surface area contributed by atoms with Crippen molar-refractivity contribution < 1.29 is 17.5 Å². The smallest absolute Gasteiger partial charge is 0.187 e. The first-order valence-electron chi connectivity index (χ1n) is 12.2. The third-order valence-electron chi connectivity index (χ3n) is 6.99. The highest BCUT2D eigenvalue weighted by molar-refractivity contribution is 8.25. The molecule has 2 N–H and O–H groups in total. The molecule has 190 valence electrons. The minimum atomic E-state index is -3.76. The van der Waals surface area contributed by atoms with Crippen LogP contribution >= 0.6 is 10.6 Å². The van der Waals surface area contributed by atoms with Crippen molar-refractivity contribution in [3.63, 3.8) is 0 Å². The number of hydrogen-bond acceptors (Lipinski definition) is 6. The lowest BCUT2D eigenvalue weighted by atomic mass is 10.0. The van der Waals surface area contributed by atoms with E-state index in [0.29, 0.717) is 17.0 Å². The van der Waals surface area contributed by atoms with Gasteiger partial charge in [-0.05, 0) is 34.9 Å². The Morgan fingerprint density at radius 1 is 0.833 bits per heavy atom. The Morgan fingerprint density at radius 3 is 2.17 bits per heavy atom. The molecule has 3 aromatic carbocycles. The van der Waals surface area contributed by atoms with Gasteiger partial charge in [0.25, 0.3) is 0 Å². The molecule has 1 fully saturated rings. The lowest BCUT2D eigenvalue weighted by molar-refractivity contribution is 0.137. The number of benzene rings is 3. The van der Waals surface area contributed by atoms with Gasteiger partial charge in [0.2, 0.25) is 0 Å². The number of fused-ring (bicyclic) bond motifs is 1. The second-order valence-electron chi connectivity index (χ2n) is 9.40.